The number of hydrogen-bond donors (Lipinski definition) is 2. The fourth-order valence-electron chi connectivity index (χ4n) is 4.22. The van der Waals surface area contributed by atoms with Crippen LogP contribution in [0.25, 0.3) is 31.6 Å². The van der Waals surface area contributed by atoms with Crippen molar-refractivity contribution in [1.29, 1.82) is 0 Å². The van der Waals surface area contributed by atoms with Crippen molar-refractivity contribution < 1.29 is 4.39 Å². The summed E-state index contributed by atoms with van der Waals surface area (Å²) in [6.07, 6.45) is 2.38. The highest BCUT2D eigenvalue weighted by molar-refractivity contribution is 7.22. The molecule has 2 aromatic carbocycles. The Morgan fingerprint density at radius 3 is 2.71 bits per heavy atom. The highest BCUT2D eigenvalue weighted by Gasteiger charge is 2.15. The lowest BCUT2D eigenvalue weighted by Crippen LogP contribution is -2.07. The van der Waals surface area contributed by atoms with Crippen molar-refractivity contribution in [1.82, 2.24) is 15.0 Å². The van der Waals surface area contributed by atoms with Crippen LogP contribution in [0, 0.1) is 26.6 Å². The average molecular weight is 431 g/mol. The van der Waals surface area contributed by atoms with Gasteiger partial charge in [-0.2, -0.15) is 0 Å². The van der Waals surface area contributed by atoms with Gasteiger partial charge in [0.1, 0.15) is 18.0 Å². The van der Waals surface area contributed by atoms with E-state index >= 15 is 0 Å². The molecular formula is C25H23FN4S. The van der Waals surface area contributed by atoms with Crippen molar-refractivity contribution in [3.63, 3.8) is 0 Å². The first kappa shape index (κ1) is 19.7. The molecule has 0 aliphatic rings. The van der Waals surface area contributed by atoms with Gasteiger partial charge in [-0.25, -0.2) is 14.4 Å². The molecule has 0 aliphatic heterocycles. The Balaban J connectivity index is 1.42. The van der Waals surface area contributed by atoms with Crippen LogP contribution >= 0.6 is 11.3 Å². The number of halogens is 1. The number of hydrogen-bond acceptors (Lipinski definition) is 4. The predicted octanol–water partition coefficient (Wildman–Crippen LogP) is 6.56. The number of aryl methyl sites for hydroxylation is 3. The quantitative estimate of drug-likeness (QED) is 0.332. The first-order valence-electron chi connectivity index (χ1n) is 10.3. The van der Waals surface area contributed by atoms with Crippen molar-refractivity contribution in [2.45, 2.75) is 27.2 Å². The second-order valence-electron chi connectivity index (χ2n) is 7.88. The Hall–Kier alpha value is -3.25. The first-order valence-corrected chi connectivity index (χ1v) is 11.1. The van der Waals surface area contributed by atoms with Crippen LogP contribution in [0.4, 0.5) is 10.2 Å². The smallest absolute Gasteiger partial charge is 0.147 e. The number of thiophene rings is 1. The third-order valence-electron chi connectivity index (χ3n) is 5.82. The normalized spacial score (nSPS) is 11.5. The Morgan fingerprint density at radius 2 is 1.87 bits per heavy atom. The fourth-order valence-corrected chi connectivity index (χ4v) is 5.39. The molecule has 0 bridgehead atoms. The number of benzene rings is 2. The maximum atomic E-state index is 14.2. The Labute approximate surface area is 184 Å². The highest BCUT2D eigenvalue weighted by atomic mass is 32.1. The molecule has 5 aromatic rings. The molecule has 0 saturated heterocycles. The zero-order chi connectivity index (χ0) is 21.5. The second kappa shape index (κ2) is 7.78. The first-order chi connectivity index (χ1) is 15.0. The SMILES string of the molecule is Cc1ccccc1-c1cc2ncnc(NCCc3c(C)[nH]c4c(F)ccc(C)c34)c2s1. The van der Waals surface area contributed by atoms with Gasteiger partial charge in [0.15, 0.2) is 0 Å². The van der Waals surface area contributed by atoms with Crippen LogP contribution in [0.5, 0.6) is 0 Å². The van der Waals surface area contributed by atoms with Crippen molar-refractivity contribution in [3.8, 4) is 10.4 Å². The van der Waals surface area contributed by atoms with Gasteiger partial charge in [-0.3, -0.25) is 0 Å². The van der Waals surface area contributed by atoms with Gasteiger partial charge in [0, 0.05) is 22.5 Å². The molecule has 2 N–H and O–H groups in total. The van der Waals surface area contributed by atoms with Crippen molar-refractivity contribution in [2.75, 3.05) is 11.9 Å². The minimum atomic E-state index is -0.206. The molecule has 0 radical (unpaired) electrons. The largest absolute Gasteiger partial charge is 0.368 e. The summed E-state index contributed by atoms with van der Waals surface area (Å²) in [5.74, 6) is 0.637. The summed E-state index contributed by atoms with van der Waals surface area (Å²) in [5.41, 5.74) is 7.26. The summed E-state index contributed by atoms with van der Waals surface area (Å²) in [7, 11) is 0. The van der Waals surface area contributed by atoms with Gasteiger partial charge in [-0.1, -0.05) is 30.3 Å². The molecule has 0 fully saturated rings. The monoisotopic (exact) mass is 430 g/mol. The van der Waals surface area contributed by atoms with Crippen LogP contribution in [-0.2, 0) is 6.42 Å². The molecule has 5 rings (SSSR count). The van der Waals surface area contributed by atoms with E-state index < -0.39 is 0 Å². The van der Waals surface area contributed by atoms with E-state index in [4.69, 9.17) is 0 Å². The van der Waals surface area contributed by atoms with Crippen molar-refractivity contribution >= 4 is 38.3 Å². The molecule has 0 atom stereocenters. The summed E-state index contributed by atoms with van der Waals surface area (Å²) in [6.45, 7) is 6.86. The predicted molar refractivity (Wildman–Crippen MR) is 128 cm³/mol. The van der Waals surface area contributed by atoms with E-state index in [-0.39, 0.29) is 5.82 Å². The number of aromatic amines is 1. The lowest BCUT2D eigenvalue weighted by atomic mass is 10.0. The Morgan fingerprint density at radius 1 is 1.03 bits per heavy atom. The maximum Gasteiger partial charge on any atom is 0.147 e. The van der Waals surface area contributed by atoms with E-state index in [1.165, 1.54) is 22.1 Å². The number of fused-ring (bicyclic) bond motifs is 2. The molecule has 31 heavy (non-hydrogen) atoms. The van der Waals surface area contributed by atoms with E-state index in [0.717, 1.165) is 44.7 Å². The van der Waals surface area contributed by atoms with Gasteiger partial charge in [-0.15, -0.1) is 11.3 Å². The lowest BCUT2D eigenvalue weighted by molar-refractivity contribution is 0.637. The number of aromatic nitrogens is 3. The van der Waals surface area contributed by atoms with E-state index in [1.54, 1.807) is 17.7 Å². The third kappa shape index (κ3) is 3.47. The number of nitrogens with zero attached hydrogens (tertiary/aromatic N) is 2. The lowest BCUT2D eigenvalue weighted by Gasteiger charge is -2.08. The summed E-state index contributed by atoms with van der Waals surface area (Å²) in [6, 6.07) is 13.9. The van der Waals surface area contributed by atoms with E-state index in [9.17, 15) is 4.39 Å². The minimum Gasteiger partial charge on any atom is -0.368 e. The van der Waals surface area contributed by atoms with E-state index in [1.807, 2.05) is 19.9 Å². The molecule has 6 heteroatoms. The van der Waals surface area contributed by atoms with Crippen LogP contribution in [0.3, 0.4) is 0 Å². The summed E-state index contributed by atoms with van der Waals surface area (Å²) in [4.78, 5) is 13.4. The van der Waals surface area contributed by atoms with E-state index in [2.05, 4.69) is 57.5 Å². The van der Waals surface area contributed by atoms with Gasteiger partial charge in [0.25, 0.3) is 0 Å². The van der Waals surface area contributed by atoms with Crippen molar-refractivity contribution in [2.24, 2.45) is 0 Å². The standard InChI is InChI=1S/C25H23FN4S/c1-14-6-4-5-7-17(14)21-12-20-24(31-21)25(29-13-28-20)27-11-10-18-16(3)30-23-19(26)9-8-15(2)22(18)23/h4-9,12-13,30H,10-11H2,1-3H3,(H,27,28,29). The molecule has 3 aromatic heterocycles. The number of H-pyrrole nitrogens is 1. The van der Waals surface area contributed by atoms with Gasteiger partial charge < -0.3 is 10.3 Å². The number of rotatable bonds is 5. The van der Waals surface area contributed by atoms with Crippen molar-refractivity contribution in [3.05, 3.63) is 77.0 Å². The summed E-state index contributed by atoms with van der Waals surface area (Å²) in [5, 5.41) is 4.47. The van der Waals surface area contributed by atoms with E-state index in [0.29, 0.717) is 12.1 Å². The Bertz CT molecular complexity index is 1420. The number of nitrogens with one attached hydrogen (secondary N) is 2. The van der Waals surface area contributed by atoms with Crippen LogP contribution in [-0.4, -0.2) is 21.5 Å². The maximum absolute atomic E-state index is 14.2. The molecule has 4 nitrogen and oxygen atoms in total. The molecule has 0 amide bonds. The molecule has 3 heterocycles. The zero-order valence-corrected chi connectivity index (χ0v) is 18.5. The van der Waals surface area contributed by atoms with Gasteiger partial charge in [0.2, 0.25) is 0 Å². The topological polar surface area (TPSA) is 53.6 Å². The fraction of sp³-hybridized carbons (Fsp3) is 0.200. The van der Waals surface area contributed by atoms with Crippen LogP contribution in [0.15, 0.2) is 48.8 Å². The third-order valence-corrected chi connectivity index (χ3v) is 6.98. The summed E-state index contributed by atoms with van der Waals surface area (Å²) >= 11 is 1.71. The molecule has 156 valence electrons. The molecular weight excluding hydrogens is 407 g/mol. The summed E-state index contributed by atoms with van der Waals surface area (Å²) < 4.78 is 15.3. The Kier molecular flexibility index (Phi) is 4.94. The van der Waals surface area contributed by atoms with Crippen LogP contribution in [0.1, 0.15) is 22.4 Å². The highest BCUT2D eigenvalue weighted by Crippen LogP contribution is 2.37. The zero-order valence-electron chi connectivity index (χ0n) is 17.7. The minimum absolute atomic E-state index is 0.206. The molecule has 0 unspecified atom stereocenters. The van der Waals surface area contributed by atoms with Gasteiger partial charge in [-0.05, 0) is 61.6 Å². The number of anilines is 1. The molecule has 0 aliphatic carbocycles. The van der Waals surface area contributed by atoms with Crippen LogP contribution in [0.2, 0.25) is 0 Å². The molecule has 0 spiro atoms. The molecule has 0 saturated carbocycles. The average Bonchev–Trinajstić information content (AvgIpc) is 3.34. The van der Waals surface area contributed by atoms with Gasteiger partial charge >= 0.3 is 0 Å². The van der Waals surface area contributed by atoms with Crippen LogP contribution < -0.4 is 5.32 Å². The second-order valence-corrected chi connectivity index (χ2v) is 8.93. The van der Waals surface area contributed by atoms with Gasteiger partial charge in [0.05, 0.1) is 15.7 Å².